The number of aromatic nitrogens is 5. The molecule has 9 nitrogen and oxygen atoms in total. The zero-order valence-electron chi connectivity index (χ0n) is 17.3. The quantitative estimate of drug-likeness (QED) is 0.473. The van der Waals surface area contributed by atoms with Crippen molar-refractivity contribution in [3.8, 4) is 0 Å². The van der Waals surface area contributed by atoms with Crippen LogP contribution in [0.1, 0.15) is 59.1 Å². The molecule has 0 saturated carbocycles. The second-order valence-electron chi connectivity index (χ2n) is 8.16. The molecular weight excluding hydrogens is 420 g/mol. The average Bonchev–Trinajstić information content (AvgIpc) is 3.44. The summed E-state index contributed by atoms with van der Waals surface area (Å²) < 4.78 is 7.33. The van der Waals surface area contributed by atoms with Crippen LogP contribution in [-0.2, 0) is 12.0 Å². The lowest BCUT2D eigenvalue weighted by molar-refractivity contribution is 0.0440. The highest BCUT2D eigenvalue weighted by molar-refractivity contribution is 6.29. The Morgan fingerprint density at radius 3 is 2.90 bits per heavy atom. The minimum atomic E-state index is -1.29. The Morgan fingerprint density at radius 2 is 2.19 bits per heavy atom. The summed E-state index contributed by atoms with van der Waals surface area (Å²) in [6, 6.07) is 6.89. The van der Waals surface area contributed by atoms with Crippen LogP contribution in [0.2, 0.25) is 5.15 Å². The van der Waals surface area contributed by atoms with E-state index >= 15 is 0 Å². The van der Waals surface area contributed by atoms with E-state index in [2.05, 4.69) is 20.1 Å². The molecule has 0 unspecified atom stereocenters. The molecule has 4 aromatic heterocycles. The van der Waals surface area contributed by atoms with Gasteiger partial charge in [-0.15, -0.1) is 0 Å². The number of hydrogen-bond donors (Lipinski definition) is 2. The summed E-state index contributed by atoms with van der Waals surface area (Å²) in [4.78, 5) is 27.1. The monoisotopic (exact) mass is 440 g/mol. The predicted molar refractivity (Wildman–Crippen MR) is 112 cm³/mol. The normalized spacial score (nSPS) is 16.7. The standard InChI is InChI=1S/C21H21ClN6O3/c1-11-18(31-20(25-11)21(2,3)30)19(29)27-8-7-13-16(24-10-23-13)17(27)14-9-12-5-4-6-15(22)28(12)26-14/h4-6,9-10,17,30H,7-8H2,1-3H3,(H,23,24)/t17-/m0/s1. The Balaban J connectivity index is 1.61. The van der Waals surface area contributed by atoms with Crippen LogP contribution in [0.3, 0.4) is 0 Å². The first-order valence-corrected chi connectivity index (χ1v) is 10.3. The number of H-pyrrole nitrogens is 1. The summed E-state index contributed by atoms with van der Waals surface area (Å²) in [5, 5.41) is 15.4. The minimum Gasteiger partial charge on any atom is -0.432 e. The minimum absolute atomic E-state index is 0.0990. The summed E-state index contributed by atoms with van der Waals surface area (Å²) in [6.07, 6.45) is 2.25. The summed E-state index contributed by atoms with van der Waals surface area (Å²) >= 11 is 6.30. The molecule has 0 aliphatic carbocycles. The number of oxazole rings is 1. The van der Waals surface area contributed by atoms with Gasteiger partial charge in [0.05, 0.1) is 28.9 Å². The first kappa shape index (κ1) is 19.8. The number of nitrogens with one attached hydrogen (secondary N) is 1. The number of nitrogens with zero attached hydrogens (tertiary/aromatic N) is 5. The van der Waals surface area contributed by atoms with E-state index < -0.39 is 11.6 Å². The highest BCUT2D eigenvalue weighted by Gasteiger charge is 2.39. The molecular formula is C21H21ClN6O3. The summed E-state index contributed by atoms with van der Waals surface area (Å²) in [7, 11) is 0. The molecule has 160 valence electrons. The number of carbonyl (C=O) groups excluding carboxylic acids is 1. The van der Waals surface area contributed by atoms with Gasteiger partial charge in [0, 0.05) is 18.7 Å². The van der Waals surface area contributed by atoms with Gasteiger partial charge >= 0.3 is 0 Å². The van der Waals surface area contributed by atoms with Crippen molar-refractivity contribution in [2.45, 2.75) is 38.8 Å². The van der Waals surface area contributed by atoms with Crippen LogP contribution in [0, 0.1) is 6.92 Å². The SMILES string of the molecule is Cc1nc(C(C)(C)O)oc1C(=O)N1CCc2[nH]cnc2[C@@H]1c1cc2cccc(Cl)n2n1. The number of imidazole rings is 1. The number of aliphatic hydroxyl groups is 1. The van der Waals surface area contributed by atoms with Crippen molar-refractivity contribution in [3.63, 3.8) is 0 Å². The molecule has 1 aliphatic heterocycles. The topological polar surface area (TPSA) is 113 Å². The van der Waals surface area contributed by atoms with Crippen LogP contribution in [0.15, 0.2) is 35.0 Å². The number of carbonyl (C=O) groups is 1. The number of fused-ring (bicyclic) bond motifs is 2. The lowest BCUT2D eigenvalue weighted by Gasteiger charge is -2.33. The number of rotatable bonds is 3. The third-order valence-corrected chi connectivity index (χ3v) is 5.73. The Bertz CT molecular complexity index is 1300. The van der Waals surface area contributed by atoms with Crippen LogP contribution in [0.4, 0.5) is 0 Å². The molecule has 1 amide bonds. The van der Waals surface area contributed by atoms with E-state index in [1.54, 1.807) is 42.6 Å². The molecule has 0 bridgehead atoms. The molecule has 0 radical (unpaired) electrons. The Labute approximate surface area is 182 Å². The Morgan fingerprint density at radius 1 is 1.39 bits per heavy atom. The molecule has 1 atom stereocenters. The highest BCUT2D eigenvalue weighted by Crippen LogP contribution is 2.35. The molecule has 1 aliphatic rings. The van der Waals surface area contributed by atoms with Gasteiger partial charge < -0.3 is 19.4 Å². The predicted octanol–water partition coefficient (Wildman–Crippen LogP) is 3.02. The fourth-order valence-corrected chi connectivity index (χ4v) is 4.12. The second kappa shape index (κ2) is 6.93. The molecule has 0 fully saturated rings. The zero-order chi connectivity index (χ0) is 21.9. The van der Waals surface area contributed by atoms with Crippen molar-refractivity contribution in [2.75, 3.05) is 6.54 Å². The third-order valence-electron chi connectivity index (χ3n) is 5.44. The van der Waals surface area contributed by atoms with Gasteiger partial charge in [0.25, 0.3) is 5.91 Å². The van der Waals surface area contributed by atoms with Gasteiger partial charge in [-0.1, -0.05) is 17.7 Å². The summed E-state index contributed by atoms with van der Waals surface area (Å²) in [5.41, 5.74) is 2.29. The molecule has 5 rings (SSSR count). The molecule has 2 N–H and O–H groups in total. The smallest absolute Gasteiger partial charge is 0.292 e. The van der Waals surface area contributed by atoms with Gasteiger partial charge in [-0.05, 0) is 39.0 Å². The van der Waals surface area contributed by atoms with E-state index in [1.807, 2.05) is 18.2 Å². The van der Waals surface area contributed by atoms with Crippen molar-refractivity contribution >= 4 is 23.0 Å². The van der Waals surface area contributed by atoms with Crippen LogP contribution < -0.4 is 0 Å². The molecule has 4 aromatic rings. The maximum atomic E-state index is 13.6. The van der Waals surface area contributed by atoms with Crippen molar-refractivity contribution in [1.82, 2.24) is 29.5 Å². The van der Waals surface area contributed by atoms with Gasteiger partial charge in [0.1, 0.15) is 16.8 Å². The number of aryl methyl sites for hydroxylation is 1. The van der Waals surface area contributed by atoms with E-state index in [4.69, 9.17) is 16.0 Å². The molecule has 31 heavy (non-hydrogen) atoms. The Kier molecular flexibility index (Phi) is 4.42. The van der Waals surface area contributed by atoms with Crippen LogP contribution in [0.25, 0.3) is 5.52 Å². The highest BCUT2D eigenvalue weighted by atomic mass is 35.5. The lowest BCUT2D eigenvalue weighted by Crippen LogP contribution is -2.41. The van der Waals surface area contributed by atoms with E-state index in [9.17, 15) is 9.90 Å². The third kappa shape index (κ3) is 3.21. The van der Waals surface area contributed by atoms with Crippen molar-refractivity contribution in [3.05, 3.63) is 70.2 Å². The summed E-state index contributed by atoms with van der Waals surface area (Å²) in [5.74, 6) is -0.132. The van der Waals surface area contributed by atoms with E-state index in [0.29, 0.717) is 29.5 Å². The molecule has 10 heteroatoms. The largest absolute Gasteiger partial charge is 0.432 e. The Hall–Kier alpha value is -3.17. The zero-order valence-corrected chi connectivity index (χ0v) is 18.0. The van der Waals surface area contributed by atoms with Crippen molar-refractivity contribution < 1.29 is 14.3 Å². The maximum absolute atomic E-state index is 13.6. The van der Waals surface area contributed by atoms with E-state index in [0.717, 1.165) is 16.9 Å². The first-order chi connectivity index (χ1) is 14.7. The fourth-order valence-electron chi connectivity index (χ4n) is 3.92. The number of pyridine rings is 1. The molecule has 0 aromatic carbocycles. The molecule has 0 saturated heterocycles. The van der Waals surface area contributed by atoms with Crippen LogP contribution in [-0.4, -0.2) is 47.0 Å². The number of hydrogen-bond acceptors (Lipinski definition) is 6. The fraction of sp³-hybridized carbons (Fsp3) is 0.333. The van der Waals surface area contributed by atoms with Gasteiger partial charge in [0.15, 0.2) is 0 Å². The summed E-state index contributed by atoms with van der Waals surface area (Å²) in [6.45, 7) is 5.26. The second-order valence-corrected chi connectivity index (χ2v) is 8.55. The van der Waals surface area contributed by atoms with Gasteiger partial charge in [-0.3, -0.25) is 4.79 Å². The molecule has 5 heterocycles. The lowest BCUT2D eigenvalue weighted by atomic mass is 9.99. The average molecular weight is 441 g/mol. The van der Waals surface area contributed by atoms with Gasteiger partial charge in [-0.25, -0.2) is 14.5 Å². The van der Waals surface area contributed by atoms with E-state index in [1.165, 1.54) is 0 Å². The maximum Gasteiger partial charge on any atom is 0.292 e. The van der Waals surface area contributed by atoms with Gasteiger partial charge in [-0.2, -0.15) is 5.10 Å². The number of halogens is 1. The van der Waals surface area contributed by atoms with Gasteiger partial charge in [0.2, 0.25) is 11.7 Å². The van der Waals surface area contributed by atoms with Crippen LogP contribution >= 0.6 is 11.6 Å². The number of amides is 1. The molecule has 0 spiro atoms. The van der Waals surface area contributed by atoms with Crippen molar-refractivity contribution in [2.24, 2.45) is 0 Å². The van der Waals surface area contributed by atoms with Crippen LogP contribution in [0.5, 0.6) is 0 Å². The first-order valence-electron chi connectivity index (χ1n) is 9.91. The van der Waals surface area contributed by atoms with E-state index in [-0.39, 0.29) is 17.6 Å². The van der Waals surface area contributed by atoms with Crippen molar-refractivity contribution in [1.29, 1.82) is 0 Å². The number of aromatic amines is 1.